The van der Waals surface area contributed by atoms with E-state index < -0.39 is 41.1 Å². The Balaban J connectivity index is 2.19. The molecular weight excluding hydrogens is 483 g/mol. The van der Waals surface area contributed by atoms with E-state index in [-0.39, 0.29) is 22.9 Å². The molecule has 1 amide bonds. The van der Waals surface area contributed by atoms with Gasteiger partial charge < -0.3 is 20.1 Å². The number of nitrogens with one attached hydrogen (secondary N) is 1. The van der Waals surface area contributed by atoms with E-state index in [1.54, 1.807) is 0 Å². The molecule has 9 heteroatoms. The molecule has 1 heterocycles. The zero-order valence-electron chi connectivity index (χ0n) is 17.7. The quantitative estimate of drug-likeness (QED) is 0.490. The van der Waals surface area contributed by atoms with Crippen molar-refractivity contribution < 1.29 is 24.2 Å². The molecule has 0 saturated heterocycles. The molecular formula is C23H22BrFN2O5. The Labute approximate surface area is 191 Å². The summed E-state index contributed by atoms with van der Waals surface area (Å²) >= 11 is 3.53. The molecule has 0 unspecified atom stereocenters. The molecule has 0 fully saturated rings. The van der Waals surface area contributed by atoms with Crippen molar-refractivity contribution >= 4 is 38.7 Å². The van der Waals surface area contributed by atoms with Gasteiger partial charge in [0.25, 0.3) is 11.5 Å². The number of carboxylic acids is 1. The maximum Gasteiger partial charge on any atom is 0.322 e. The highest BCUT2D eigenvalue weighted by atomic mass is 79.9. The van der Waals surface area contributed by atoms with Crippen molar-refractivity contribution in [3.63, 3.8) is 0 Å². The number of amides is 1. The van der Waals surface area contributed by atoms with Crippen molar-refractivity contribution in [3.8, 4) is 5.75 Å². The van der Waals surface area contributed by atoms with Crippen LogP contribution >= 0.6 is 15.9 Å². The molecule has 7 nitrogen and oxygen atoms in total. The topological polar surface area (TPSA) is 109 Å². The third-order valence-electron chi connectivity index (χ3n) is 5.08. The van der Waals surface area contributed by atoms with Crippen LogP contribution < -0.4 is 10.9 Å². The van der Waals surface area contributed by atoms with Crippen LogP contribution in [0.2, 0.25) is 0 Å². The maximum atomic E-state index is 13.9. The van der Waals surface area contributed by atoms with Gasteiger partial charge in [0.2, 0.25) is 0 Å². The number of hydrogen-bond acceptors (Lipinski definition) is 4. The smallest absolute Gasteiger partial charge is 0.322 e. The first-order valence-electron chi connectivity index (χ1n) is 9.74. The molecule has 0 spiro atoms. The fourth-order valence-electron chi connectivity index (χ4n) is 3.33. The Morgan fingerprint density at radius 2 is 1.84 bits per heavy atom. The van der Waals surface area contributed by atoms with Gasteiger partial charge in [0.05, 0.1) is 12.1 Å². The Hall–Kier alpha value is -3.20. The fraction of sp³-hybridized carbons (Fsp3) is 0.261. The molecule has 168 valence electrons. The van der Waals surface area contributed by atoms with E-state index >= 15 is 0 Å². The van der Waals surface area contributed by atoms with Gasteiger partial charge in [0.1, 0.15) is 23.7 Å². The Kier molecular flexibility index (Phi) is 6.41. The van der Waals surface area contributed by atoms with Gasteiger partial charge in [-0.3, -0.25) is 14.4 Å². The van der Waals surface area contributed by atoms with E-state index in [1.165, 1.54) is 10.6 Å². The van der Waals surface area contributed by atoms with E-state index in [4.69, 9.17) is 5.11 Å². The number of halogens is 2. The highest BCUT2D eigenvalue weighted by Gasteiger charge is 2.24. The second-order valence-corrected chi connectivity index (χ2v) is 9.26. The molecule has 0 saturated carbocycles. The zero-order valence-corrected chi connectivity index (χ0v) is 19.3. The molecule has 32 heavy (non-hydrogen) atoms. The Morgan fingerprint density at radius 3 is 2.44 bits per heavy atom. The summed E-state index contributed by atoms with van der Waals surface area (Å²) in [5.41, 5.74) is 0.481. The summed E-state index contributed by atoms with van der Waals surface area (Å²) in [6, 6.07) is 9.26. The van der Waals surface area contributed by atoms with Crippen LogP contribution in [0.4, 0.5) is 4.39 Å². The van der Waals surface area contributed by atoms with Crippen LogP contribution in [0.15, 0.2) is 45.7 Å². The average molecular weight is 505 g/mol. The molecule has 3 rings (SSSR count). The summed E-state index contributed by atoms with van der Waals surface area (Å²) in [5, 5.41) is 21.4. The lowest BCUT2D eigenvalue weighted by Gasteiger charge is -2.21. The SMILES string of the molecule is CC(C)(C)c1ccc(Cn2c(=O)c(C(=O)NCC(=O)O)c(O)c3cc(F)ccc32)c(Br)c1. The van der Waals surface area contributed by atoms with Crippen molar-refractivity contribution in [2.75, 3.05) is 6.54 Å². The van der Waals surface area contributed by atoms with Crippen molar-refractivity contribution in [2.24, 2.45) is 0 Å². The van der Waals surface area contributed by atoms with Crippen molar-refractivity contribution in [1.82, 2.24) is 9.88 Å². The summed E-state index contributed by atoms with van der Waals surface area (Å²) < 4.78 is 15.9. The van der Waals surface area contributed by atoms with Crippen LogP contribution in [0.3, 0.4) is 0 Å². The largest absolute Gasteiger partial charge is 0.506 e. The number of pyridine rings is 1. The summed E-state index contributed by atoms with van der Waals surface area (Å²) in [7, 11) is 0. The van der Waals surface area contributed by atoms with Gasteiger partial charge in [-0.05, 0) is 40.8 Å². The number of aromatic hydroxyl groups is 1. The van der Waals surface area contributed by atoms with Crippen LogP contribution in [0.1, 0.15) is 42.3 Å². The van der Waals surface area contributed by atoms with Gasteiger partial charge in [-0.2, -0.15) is 0 Å². The zero-order chi connectivity index (χ0) is 23.8. The van der Waals surface area contributed by atoms with E-state index in [9.17, 15) is 23.9 Å². The standard InChI is InChI=1S/C23H22BrFN2O5/c1-23(2,3)13-5-4-12(16(24)8-13)11-27-17-7-6-14(25)9-15(17)20(30)19(22(27)32)21(31)26-10-18(28)29/h4-9,30H,10-11H2,1-3H3,(H,26,31)(H,28,29). The maximum absolute atomic E-state index is 13.9. The molecule has 3 N–H and O–H groups in total. The molecule has 2 aromatic carbocycles. The minimum atomic E-state index is -1.31. The lowest BCUT2D eigenvalue weighted by atomic mass is 9.87. The fourth-order valence-corrected chi connectivity index (χ4v) is 3.84. The second kappa shape index (κ2) is 8.74. The second-order valence-electron chi connectivity index (χ2n) is 8.41. The first kappa shape index (κ1) is 23.5. The predicted octanol–water partition coefficient (Wildman–Crippen LogP) is 3.77. The van der Waals surface area contributed by atoms with Gasteiger partial charge in [-0.25, -0.2) is 4.39 Å². The number of rotatable bonds is 5. The molecule has 0 atom stereocenters. The minimum Gasteiger partial charge on any atom is -0.506 e. The van der Waals surface area contributed by atoms with Crippen LogP contribution in [0.25, 0.3) is 10.9 Å². The van der Waals surface area contributed by atoms with Crippen LogP contribution in [-0.4, -0.2) is 33.2 Å². The summed E-state index contributed by atoms with van der Waals surface area (Å²) in [4.78, 5) is 36.5. The van der Waals surface area contributed by atoms with Crippen LogP contribution in [0.5, 0.6) is 5.75 Å². The number of benzene rings is 2. The number of fused-ring (bicyclic) bond motifs is 1. The highest BCUT2D eigenvalue weighted by molar-refractivity contribution is 9.10. The molecule has 0 bridgehead atoms. The van der Waals surface area contributed by atoms with Crippen LogP contribution in [-0.2, 0) is 16.8 Å². The van der Waals surface area contributed by atoms with Gasteiger partial charge >= 0.3 is 5.97 Å². The minimum absolute atomic E-state index is 0.0332. The number of carbonyl (C=O) groups excluding carboxylic acids is 1. The van der Waals surface area contributed by atoms with E-state index in [1.807, 2.05) is 18.2 Å². The van der Waals surface area contributed by atoms with E-state index in [0.29, 0.717) is 0 Å². The summed E-state index contributed by atoms with van der Waals surface area (Å²) in [6.45, 7) is 5.51. The number of nitrogens with zero attached hydrogens (tertiary/aromatic N) is 1. The third kappa shape index (κ3) is 4.67. The van der Waals surface area contributed by atoms with Crippen molar-refractivity contribution in [3.05, 3.63) is 73.7 Å². The number of aliphatic carboxylic acids is 1. The molecule has 0 radical (unpaired) electrons. The number of carbonyl (C=O) groups is 2. The highest BCUT2D eigenvalue weighted by Crippen LogP contribution is 2.30. The van der Waals surface area contributed by atoms with Crippen LogP contribution in [0, 0.1) is 5.82 Å². The van der Waals surface area contributed by atoms with Crippen molar-refractivity contribution in [2.45, 2.75) is 32.7 Å². The lowest BCUT2D eigenvalue weighted by molar-refractivity contribution is -0.135. The predicted molar refractivity (Wildman–Crippen MR) is 122 cm³/mol. The molecule has 0 aliphatic carbocycles. The van der Waals surface area contributed by atoms with Gasteiger partial charge in [0, 0.05) is 9.86 Å². The summed E-state index contributed by atoms with van der Waals surface area (Å²) in [5.74, 6) is -3.73. The molecule has 0 aliphatic heterocycles. The Morgan fingerprint density at radius 1 is 1.16 bits per heavy atom. The monoisotopic (exact) mass is 504 g/mol. The lowest BCUT2D eigenvalue weighted by Crippen LogP contribution is -2.36. The third-order valence-corrected chi connectivity index (χ3v) is 5.81. The number of carboxylic acid groups (broad SMARTS) is 1. The number of hydrogen-bond donors (Lipinski definition) is 3. The Bertz CT molecular complexity index is 1290. The average Bonchev–Trinajstić information content (AvgIpc) is 2.70. The van der Waals surface area contributed by atoms with Crippen molar-refractivity contribution in [1.29, 1.82) is 0 Å². The summed E-state index contributed by atoms with van der Waals surface area (Å²) in [6.07, 6.45) is 0. The van der Waals surface area contributed by atoms with Gasteiger partial charge in [-0.15, -0.1) is 0 Å². The molecule has 3 aromatic rings. The van der Waals surface area contributed by atoms with Gasteiger partial charge in [-0.1, -0.05) is 48.8 Å². The van der Waals surface area contributed by atoms with Gasteiger partial charge in [0.15, 0.2) is 0 Å². The first-order chi connectivity index (χ1) is 14.9. The first-order valence-corrected chi connectivity index (χ1v) is 10.5. The van der Waals surface area contributed by atoms with E-state index in [2.05, 4.69) is 42.0 Å². The van der Waals surface area contributed by atoms with E-state index in [0.717, 1.165) is 27.7 Å². The normalized spacial score (nSPS) is 11.5. The number of aromatic nitrogens is 1. The molecule has 0 aliphatic rings. The molecule has 1 aromatic heterocycles.